The Balaban J connectivity index is 1.41. The molecule has 1 fully saturated rings. The highest BCUT2D eigenvalue weighted by Gasteiger charge is 2.29. The molecule has 3 aromatic rings. The van der Waals surface area contributed by atoms with Crippen LogP contribution in [0.25, 0.3) is 5.69 Å². The monoisotopic (exact) mass is 428 g/mol. The average molecular weight is 429 g/mol. The van der Waals surface area contributed by atoms with E-state index in [1.807, 2.05) is 31.2 Å². The van der Waals surface area contributed by atoms with Crippen LogP contribution in [0.5, 0.6) is 5.75 Å². The molecular weight excluding hydrogens is 404 g/mol. The van der Waals surface area contributed by atoms with E-state index in [9.17, 15) is 8.42 Å². The SMILES string of the molecule is COc1ccc(S(=O)(=O)N2CCN(Cc3nnnn3-c3ccc(C)cc3)CC2)cc1. The number of hydrogen-bond donors (Lipinski definition) is 0. The lowest BCUT2D eigenvalue weighted by atomic mass is 10.2. The van der Waals surface area contributed by atoms with Crippen molar-refractivity contribution in [3.8, 4) is 11.4 Å². The molecule has 0 spiro atoms. The molecule has 0 bridgehead atoms. The summed E-state index contributed by atoms with van der Waals surface area (Å²) < 4.78 is 34.2. The minimum atomic E-state index is -3.52. The molecule has 30 heavy (non-hydrogen) atoms. The Morgan fingerprint density at radius 3 is 2.27 bits per heavy atom. The van der Waals surface area contributed by atoms with Gasteiger partial charge in [0, 0.05) is 26.2 Å². The number of methoxy groups -OCH3 is 1. The molecule has 0 amide bonds. The van der Waals surface area contributed by atoms with E-state index in [1.165, 1.54) is 9.87 Å². The van der Waals surface area contributed by atoms with Crippen molar-refractivity contribution in [1.82, 2.24) is 29.4 Å². The number of aromatic nitrogens is 4. The Morgan fingerprint density at radius 1 is 0.967 bits per heavy atom. The third-order valence-electron chi connectivity index (χ3n) is 5.21. The van der Waals surface area contributed by atoms with Crippen molar-refractivity contribution < 1.29 is 13.2 Å². The fraction of sp³-hybridized carbons (Fsp3) is 0.350. The third-order valence-corrected chi connectivity index (χ3v) is 7.12. The van der Waals surface area contributed by atoms with Crippen LogP contribution >= 0.6 is 0 Å². The Kier molecular flexibility index (Phi) is 5.80. The number of hydrogen-bond acceptors (Lipinski definition) is 7. The lowest BCUT2D eigenvalue weighted by Gasteiger charge is -2.33. The summed E-state index contributed by atoms with van der Waals surface area (Å²) in [4.78, 5) is 2.44. The molecule has 9 nitrogen and oxygen atoms in total. The number of rotatable bonds is 6. The maximum atomic E-state index is 12.9. The summed E-state index contributed by atoms with van der Waals surface area (Å²) in [5.41, 5.74) is 2.07. The molecule has 158 valence electrons. The summed E-state index contributed by atoms with van der Waals surface area (Å²) in [5, 5.41) is 12.1. The number of nitrogens with zero attached hydrogens (tertiary/aromatic N) is 6. The summed E-state index contributed by atoms with van der Waals surface area (Å²) in [7, 11) is -1.97. The topological polar surface area (TPSA) is 93.5 Å². The molecule has 0 saturated carbocycles. The van der Waals surface area contributed by atoms with Gasteiger partial charge in [-0.2, -0.15) is 8.99 Å². The fourth-order valence-corrected chi connectivity index (χ4v) is 4.84. The van der Waals surface area contributed by atoms with Gasteiger partial charge in [0.1, 0.15) is 5.75 Å². The number of tetrazole rings is 1. The molecule has 2 heterocycles. The maximum Gasteiger partial charge on any atom is 0.243 e. The Morgan fingerprint density at radius 2 is 1.63 bits per heavy atom. The van der Waals surface area contributed by atoms with Crippen LogP contribution in [0.15, 0.2) is 53.4 Å². The molecule has 1 aliphatic rings. The molecule has 10 heteroatoms. The molecule has 1 aromatic heterocycles. The van der Waals surface area contributed by atoms with Crippen molar-refractivity contribution in [3.05, 3.63) is 59.9 Å². The molecule has 1 aliphatic heterocycles. The van der Waals surface area contributed by atoms with Gasteiger partial charge >= 0.3 is 0 Å². The highest BCUT2D eigenvalue weighted by Crippen LogP contribution is 2.21. The summed E-state index contributed by atoms with van der Waals surface area (Å²) in [5.74, 6) is 1.36. The minimum Gasteiger partial charge on any atom is -0.497 e. The van der Waals surface area contributed by atoms with E-state index in [1.54, 1.807) is 36.1 Å². The van der Waals surface area contributed by atoms with Gasteiger partial charge in [-0.1, -0.05) is 17.7 Å². The zero-order chi connectivity index (χ0) is 21.1. The molecule has 1 saturated heterocycles. The van der Waals surface area contributed by atoms with E-state index in [4.69, 9.17) is 4.74 Å². The lowest BCUT2D eigenvalue weighted by molar-refractivity contribution is 0.177. The molecule has 0 N–H and O–H groups in total. The van der Waals surface area contributed by atoms with Gasteiger partial charge < -0.3 is 4.74 Å². The highest BCUT2D eigenvalue weighted by atomic mass is 32.2. The standard InChI is InChI=1S/C20H24N6O3S/c1-16-3-5-17(6-4-16)26-20(21-22-23-26)15-24-11-13-25(14-12-24)30(27,28)19-9-7-18(29-2)8-10-19/h3-10H,11-15H2,1-2H3. The van der Waals surface area contributed by atoms with Gasteiger partial charge in [-0.15, -0.1) is 5.10 Å². The Bertz CT molecular complexity index is 1090. The van der Waals surface area contributed by atoms with Crippen molar-refractivity contribution >= 4 is 10.0 Å². The second kappa shape index (κ2) is 8.50. The summed E-state index contributed by atoms with van der Waals surface area (Å²) in [6, 6.07) is 14.5. The van der Waals surface area contributed by atoms with Gasteiger partial charge in [-0.3, -0.25) is 4.90 Å². The predicted molar refractivity (Wildman–Crippen MR) is 111 cm³/mol. The Hall–Kier alpha value is -2.82. The van der Waals surface area contributed by atoms with E-state index >= 15 is 0 Å². The fourth-order valence-electron chi connectivity index (χ4n) is 3.42. The minimum absolute atomic E-state index is 0.278. The highest BCUT2D eigenvalue weighted by molar-refractivity contribution is 7.89. The van der Waals surface area contributed by atoms with Crippen molar-refractivity contribution in [2.24, 2.45) is 0 Å². The number of aryl methyl sites for hydroxylation is 1. The van der Waals surface area contributed by atoms with Gasteiger partial charge in [-0.05, 0) is 53.7 Å². The first-order chi connectivity index (χ1) is 14.5. The van der Waals surface area contributed by atoms with Crippen LogP contribution in [0, 0.1) is 6.92 Å². The van der Waals surface area contributed by atoms with Crippen LogP contribution in [0.1, 0.15) is 11.4 Å². The van der Waals surface area contributed by atoms with Crippen LogP contribution in [0.3, 0.4) is 0 Å². The smallest absolute Gasteiger partial charge is 0.243 e. The summed E-state index contributed by atoms with van der Waals surface area (Å²) in [6.45, 7) is 4.63. The first-order valence-electron chi connectivity index (χ1n) is 9.68. The quantitative estimate of drug-likeness (QED) is 0.587. The molecule has 4 rings (SSSR count). The summed E-state index contributed by atoms with van der Waals surface area (Å²) >= 11 is 0. The number of benzene rings is 2. The van der Waals surface area contributed by atoms with E-state index in [-0.39, 0.29) is 4.90 Å². The van der Waals surface area contributed by atoms with Crippen LogP contribution < -0.4 is 4.74 Å². The second-order valence-electron chi connectivity index (χ2n) is 7.20. The van der Waals surface area contributed by atoms with Crippen LogP contribution in [0.4, 0.5) is 0 Å². The van der Waals surface area contributed by atoms with Gasteiger partial charge in [0.25, 0.3) is 0 Å². The lowest BCUT2D eigenvalue weighted by Crippen LogP contribution is -2.48. The molecule has 0 aliphatic carbocycles. The predicted octanol–water partition coefficient (Wildman–Crippen LogP) is 1.49. The normalized spacial score (nSPS) is 15.9. The van der Waals surface area contributed by atoms with Gasteiger partial charge in [0.2, 0.25) is 10.0 Å². The number of ether oxygens (including phenoxy) is 1. The maximum absolute atomic E-state index is 12.9. The van der Waals surface area contributed by atoms with Crippen molar-refractivity contribution in [1.29, 1.82) is 0 Å². The van der Waals surface area contributed by atoms with E-state index < -0.39 is 10.0 Å². The van der Waals surface area contributed by atoms with Crippen LogP contribution in [-0.2, 0) is 16.6 Å². The van der Waals surface area contributed by atoms with E-state index in [0.717, 1.165) is 11.5 Å². The molecule has 2 aromatic carbocycles. The Labute approximate surface area is 175 Å². The molecule has 0 atom stereocenters. The van der Waals surface area contributed by atoms with Gasteiger partial charge in [-0.25, -0.2) is 8.42 Å². The molecule has 0 radical (unpaired) electrons. The van der Waals surface area contributed by atoms with Gasteiger partial charge in [0.05, 0.1) is 24.2 Å². The van der Waals surface area contributed by atoms with Gasteiger partial charge in [0.15, 0.2) is 5.82 Å². The van der Waals surface area contributed by atoms with Crippen LogP contribution in [-0.4, -0.2) is 71.1 Å². The summed E-state index contributed by atoms with van der Waals surface area (Å²) in [6.07, 6.45) is 0. The van der Waals surface area contributed by atoms with Crippen LogP contribution in [0.2, 0.25) is 0 Å². The van der Waals surface area contributed by atoms with E-state index in [0.29, 0.717) is 38.5 Å². The zero-order valence-corrected chi connectivity index (χ0v) is 17.8. The van der Waals surface area contributed by atoms with Crippen molar-refractivity contribution in [2.45, 2.75) is 18.4 Å². The zero-order valence-electron chi connectivity index (χ0n) is 17.0. The number of piperazine rings is 1. The molecule has 0 unspecified atom stereocenters. The molecular formula is C20H24N6O3S. The largest absolute Gasteiger partial charge is 0.497 e. The second-order valence-corrected chi connectivity index (χ2v) is 9.14. The van der Waals surface area contributed by atoms with Crippen molar-refractivity contribution in [2.75, 3.05) is 33.3 Å². The first-order valence-corrected chi connectivity index (χ1v) is 11.1. The van der Waals surface area contributed by atoms with Crippen molar-refractivity contribution in [3.63, 3.8) is 0 Å². The average Bonchev–Trinajstić information content (AvgIpc) is 3.23. The first kappa shape index (κ1) is 20.5. The third kappa shape index (κ3) is 4.20. The van der Waals surface area contributed by atoms with E-state index in [2.05, 4.69) is 20.4 Å². The number of sulfonamides is 1.